The number of hydrogen-bond acceptors (Lipinski definition) is 4. The first kappa shape index (κ1) is 19.9. The smallest absolute Gasteiger partial charge is 0.387 e. The fraction of sp³-hybridized carbons (Fsp3) is 0.625. The van der Waals surface area contributed by atoms with Crippen LogP contribution in [0.15, 0.2) is 18.2 Å². The average molecular weight is 351 g/mol. The van der Waals surface area contributed by atoms with Gasteiger partial charge < -0.3 is 14.8 Å². The van der Waals surface area contributed by atoms with Crippen molar-refractivity contribution in [2.24, 2.45) is 5.92 Å². The van der Waals surface area contributed by atoms with Crippen LogP contribution in [-0.2, 0) is 6.54 Å². The third-order valence-corrected chi connectivity index (χ3v) is 4.05. The Balaban J connectivity index is 0.00000264. The summed E-state index contributed by atoms with van der Waals surface area (Å²) in [6.45, 7) is 1.02. The quantitative estimate of drug-likeness (QED) is 0.819. The molecule has 1 aliphatic rings. The van der Waals surface area contributed by atoms with Gasteiger partial charge in [-0.1, -0.05) is 6.07 Å². The Morgan fingerprint density at radius 3 is 2.52 bits per heavy atom. The Morgan fingerprint density at radius 2 is 1.96 bits per heavy atom. The van der Waals surface area contributed by atoms with Gasteiger partial charge in [-0.25, -0.2) is 0 Å². The Hall–Kier alpha value is -1.11. The van der Waals surface area contributed by atoms with Crippen LogP contribution in [0.5, 0.6) is 11.5 Å². The molecule has 1 aromatic carbocycles. The van der Waals surface area contributed by atoms with Gasteiger partial charge in [0, 0.05) is 6.54 Å². The second-order valence-corrected chi connectivity index (χ2v) is 5.64. The summed E-state index contributed by atoms with van der Waals surface area (Å²) < 4.78 is 34.5. The average Bonchev–Trinajstić information content (AvgIpc) is 2.49. The van der Waals surface area contributed by atoms with Gasteiger partial charge in [0.05, 0.1) is 7.11 Å². The van der Waals surface area contributed by atoms with E-state index < -0.39 is 6.61 Å². The molecular weight excluding hydrogens is 326 g/mol. The largest absolute Gasteiger partial charge is 0.493 e. The Bertz CT molecular complexity index is 469. The Labute approximate surface area is 142 Å². The van der Waals surface area contributed by atoms with E-state index in [4.69, 9.17) is 4.74 Å². The van der Waals surface area contributed by atoms with Crippen molar-refractivity contribution < 1.29 is 18.3 Å². The minimum absolute atomic E-state index is 0. The summed E-state index contributed by atoms with van der Waals surface area (Å²) >= 11 is 0. The molecule has 23 heavy (non-hydrogen) atoms. The molecule has 1 fully saturated rings. The van der Waals surface area contributed by atoms with Gasteiger partial charge in [-0.2, -0.15) is 8.78 Å². The van der Waals surface area contributed by atoms with Crippen molar-refractivity contribution >= 4 is 12.4 Å². The Kier molecular flexibility index (Phi) is 8.58. The van der Waals surface area contributed by atoms with Gasteiger partial charge in [0.25, 0.3) is 0 Å². The lowest BCUT2D eigenvalue weighted by Crippen LogP contribution is -2.36. The predicted molar refractivity (Wildman–Crippen MR) is 88.8 cm³/mol. The molecule has 0 saturated carbocycles. The van der Waals surface area contributed by atoms with Crippen molar-refractivity contribution in [1.29, 1.82) is 0 Å². The van der Waals surface area contributed by atoms with Crippen LogP contribution >= 0.6 is 12.4 Å². The summed E-state index contributed by atoms with van der Waals surface area (Å²) in [6.07, 6.45) is 2.33. The van der Waals surface area contributed by atoms with E-state index >= 15 is 0 Å². The first-order valence-electron chi connectivity index (χ1n) is 7.61. The Morgan fingerprint density at radius 1 is 1.26 bits per heavy atom. The SMILES string of the molecule is CNCC1CCN(Cc2ccc(OC)c(OC(F)F)c2)CC1.Cl. The summed E-state index contributed by atoms with van der Waals surface area (Å²) in [6, 6.07) is 5.22. The normalized spacial score (nSPS) is 16.2. The minimum Gasteiger partial charge on any atom is -0.493 e. The number of ether oxygens (including phenoxy) is 2. The molecular formula is C16H25ClF2N2O2. The van der Waals surface area contributed by atoms with E-state index in [0.717, 1.165) is 50.5 Å². The van der Waals surface area contributed by atoms with Crippen LogP contribution in [0.1, 0.15) is 18.4 Å². The molecule has 1 saturated heterocycles. The standard InChI is InChI=1S/C16H24F2N2O2.ClH/c1-19-10-12-5-7-20(8-6-12)11-13-3-4-14(21-2)15(9-13)22-16(17)18;/h3-4,9,12,16,19H,5-8,10-11H2,1-2H3;1H. The molecule has 1 heterocycles. The first-order chi connectivity index (χ1) is 10.6. The monoisotopic (exact) mass is 350 g/mol. The molecule has 1 aromatic rings. The second-order valence-electron chi connectivity index (χ2n) is 5.64. The van der Waals surface area contributed by atoms with Crippen molar-refractivity contribution in [2.75, 3.05) is 33.8 Å². The number of halogens is 3. The highest BCUT2D eigenvalue weighted by Gasteiger charge is 2.19. The van der Waals surface area contributed by atoms with Crippen molar-refractivity contribution in [3.8, 4) is 11.5 Å². The van der Waals surface area contributed by atoms with E-state index in [0.29, 0.717) is 5.75 Å². The molecule has 1 N–H and O–H groups in total. The minimum atomic E-state index is -2.85. The van der Waals surface area contributed by atoms with Crippen LogP contribution in [-0.4, -0.2) is 45.3 Å². The van der Waals surface area contributed by atoms with Gasteiger partial charge >= 0.3 is 6.61 Å². The van der Waals surface area contributed by atoms with Crippen LogP contribution in [0.3, 0.4) is 0 Å². The lowest BCUT2D eigenvalue weighted by Gasteiger charge is -2.32. The zero-order chi connectivity index (χ0) is 15.9. The molecule has 0 amide bonds. The summed E-state index contributed by atoms with van der Waals surface area (Å²) in [5.41, 5.74) is 0.962. The maximum Gasteiger partial charge on any atom is 0.387 e. The zero-order valence-electron chi connectivity index (χ0n) is 13.6. The van der Waals surface area contributed by atoms with Crippen LogP contribution in [0, 0.1) is 5.92 Å². The topological polar surface area (TPSA) is 33.7 Å². The number of rotatable bonds is 7. The van der Waals surface area contributed by atoms with Gasteiger partial charge in [-0.05, 0) is 63.1 Å². The molecule has 0 aromatic heterocycles. The van der Waals surface area contributed by atoms with E-state index in [1.165, 1.54) is 7.11 Å². The van der Waals surface area contributed by atoms with Crippen LogP contribution < -0.4 is 14.8 Å². The fourth-order valence-electron chi connectivity index (χ4n) is 2.90. The molecule has 4 nitrogen and oxygen atoms in total. The van der Waals surface area contributed by atoms with Gasteiger partial charge in [-0.3, -0.25) is 4.90 Å². The number of hydrogen-bond donors (Lipinski definition) is 1. The highest BCUT2D eigenvalue weighted by molar-refractivity contribution is 5.85. The maximum atomic E-state index is 12.4. The van der Waals surface area contributed by atoms with E-state index in [-0.39, 0.29) is 18.2 Å². The van der Waals surface area contributed by atoms with Crippen molar-refractivity contribution in [2.45, 2.75) is 26.0 Å². The van der Waals surface area contributed by atoms with Crippen molar-refractivity contribution in [1.82, 2.24) is 10.2 Å². The zero-order valence-corrected chi connectivity index (χ0v) is 14.4. The summed E-state index contributed by atoms with van der Waals surface area (Å²) in [5, 5.41) is 3.22. The number of alkyl halides is 2. The lowest BCUT2D eigenvalue weighted by atomic mass is 9.96. The van der Waals surface area contributed by atoms with Gasteiger partial charge in [0.15, 0.2) is 11.5 Å². The molecule has 1 aliphatic heterocycles. The van der Waals surface area contributed by atoms with Crippen molar-refractivity contribution in [3.63, 3.8) is 0 Å². The van der Waals surface area contributed by atoms with Crippen LogP contribution in [0.2, 0.25) is 0 Å². The summed E-state index contributed by atoms with van der Waals surface area (Å²) in [5.74, 6) is 1.16. The fourth-order valence-corrected chi connectivity index (χ4v) is 2.90. The van der Waals surface area contributed by atoms with Crippen molar-refractivity contribution in [3.05, 3.63) is 23.8 Å². The molecule has 0 unspecified atom stereocenters. The van der Waals surface area contributed by atoms with Gasteiger partial charge in [-0.15, -0.1) is 12.4 Å². The number of nitrogens with zero attached hydrogens (tertiary/aromatic N) is 1. The molecule has 7 heteroatoms. The van der Waals surface area contributed by atoms with Crippen LogP contribution in [0.25, 0.3) is 0 Å². The maximum absolute atomic E-state index is 12.4. The molecule has 0 bridgehead atoms. The number of piperidine rings is 1. The molecule has 0 radical (unpaired) electrons. The van der Waals surface area contributed by atoms with E-state index in [1.54, 1.807) is 12.1 Å². The van der Waals surface area contributed by atoms with E-state index in [9.17, 15) is 8.78 Å². The molecule has 132 valence electrons. The number of nitrogens with one attached hydrogen (secondary N) is 1. The molecule has 0 aliphatic carbocycles. The highest BCUT2D eigenvalue weighted by Crippen LogP contribution is 2.30. The molecule has 0 atom stereocenters. The van der Waals surface area contributed by atoms with Crippen LogP contribution in [0.4, 0.5) is 8.78 Å². The first-order valence-corrected chi connectivity index (χ1v) is 7.61. The number of benzene rings is 1. The number of methoxy groups -OCH3 is 1. The molecule has 0 spiro atoms. The van der Waals surface area contributed by atoms with Gasteiger partial charge in [0.2, 0.25) is 0 Å². The molecule has 2 rings (SSSR count). The van der Waals surface area contributed by atoms with E-state index in [2.05, 4.69) is 15.0 Å². The summed E-state index contributed by atoms with van der Waals surface area (Å²) in [4.78, 5) is 2.35. The lowest BCUT2D eigenvalue weighted by molar-refractivity contribution is -0.0512. The highest BCUT2D eigenvalue weighted by atomic mass is 35.5. The summed E-state index contributed by atoms with van der Waals surface area (Å²) in [7, 11) is 3.42. The third kappa shape index (κ3) is 6.12. The second kappa shape index (κ2) is 9.90. The van der Waals surface area contributed by atoms with E-state index in [1.807, 2.05) is 13.1 Å². The van der Waals surface area contributed by atoms with Gasteiger partial charge in [0.1, 0.15) is 0 Å². The third-order valence-electron chi connectivity index (χ3n) is 4.05. The predicted octanol–water partition coefficient (Wildman–Crippen LogP) is 3.15. The number of likely N-dealkylation sites (tertiary alicyclic amines) is 1.